The number of rotatable bonds is 12. The Hall–Kier alpha value is -3.26. The summed E-state index contributed by atoms with van der Waals surface area (Å²) in [5, 5.41) is 10.6. The third-order valence-corrected chi connectivity index (χ3v) is 17.4. The van der Waals surface area contributed by atoms with Crippen LogP contribution >= 0.6 is 0 Å². The van der Waals surface area contributed by atoms with E-state index in [9.17, 15) is 33.9 Å². The van der Waals surface area contributed by atoms with E-state index in [2.05, 4.69) is 20.8 Å². The topological polar surface area (TPSA) is 187 Å². The van der Waals surface area contributed by atoms with Crippen LogP contribution in [-0.4, -0.2) is 94.9 Å². The molecule has 9 atom stereocenters. The molecule has 14 heteroatoms. The van der Waals surface area contributed by atoms with Gasteiger partial charge in [-0.1, -0.05) is 41.5 Å². The fourth-order valence-corrected chi connectivity index (χ4v) is 10.7. The van der Waals surface area contributed by atoms with E-state index in [4.69, 9.17) is 33.2 Å². The Morgan fingerprint density at radius 2 is 1.16 bits per heavy atom. The second-order valence-electron chi connectivity index (χ2n) is 24.7. The van der Waals surface area contributed by atoms with Crippen molar-refractivity contribution in [2.24, 2.45) is 44.8 Å². The first-order valence-electron chi connectivity index (χ1n) is 25.5. The van der Waals surface area contributed by atoms with Gasteiger partial charge >= 0.3 is 35.8 Å². The van der Waals surface area contributed by atoms with E-state index in [0.29, 0.717) is 50.5 Å². The minimum atomic E-state index is -0.687. The highest BCUT2D eigenvalue weighted by molar-refractivity contribution is 5.83. The van der Waals surface area contributed by atoms with Gasteiger partial charge in [-0.2, -0.15) is 0 Å². The summed E-state index contributed by atoms with van der Waals surface area (Å²) in [5.41, 5.74) is -2.90. The largest absolute Gasteiger partial charge is 0.463 e. The van der Waals surface area contributed by atoms with Crippen molar-refractivity contribution in [3.8, 4) is 0 Å². The van der Waals surface area contributed by atoms with Gasteiger partial charge in [0.25, 0.3) is 0 Å². The van der Waals surface area contributed by atoms with Crippen molar-refractivity contribution in [1.82, 2.24) is 0 Å². The average Bonchev–Trinajstić information content (AvgIpc) is 4.03. The van der Waals surface area contributed by atoms with Crippen molar-refractivity contribution in [2.45, 2.75) is 247 Å². The molecular weight excluding hydrogens is 861 g/mol. The lowest BCUT2D eigenvalue weighted by Crippen LogP contribution is -2.61. The van der Waals surface area contributed by atoms with Crippen LogP contribution in [-0.2, 0) is 61.9 Å². The Morgan fingerprint density at radius 3 is 1.63 bits per heavy atom. The lowest BCUT2D eigenvalue weighted by molar-refractivity contribution is -0.225. The van der Waals surface area contributed by atoms with Crippen LogP contribution in [0.15, 0.2) is 0 Å². The first kappa shape index (κ1) is 54.7. The Morgan fingerprint density at radius 1 is 0.657 bits per heavy atom. The van der Waals surface area contributed by atoms with E-state index in [1.165, 1.54) is 6.42 Å². The molecular formula is C53H86O14. The van der Waals surface area contributed by atoms with Gasteiger partial charge in [0.1, 0.15) is 17.3 Å². The molecule has 0 spiro atoms. The van der Waals surface area contributed by atoms with E-state index >= 15 is 0 Å². The molecule has 9 fully saturated rings. The summed E-state index contributed by atoms with van der Waals surface area (Å²) in [7, 11) is 0. The maximum atomic E-state index is 12.4. The van der Waals surface area contributed by atoms with Gasteiger partial charge in [0.05, 0.1) is 45.9 Å². The van der Waals surface area contributed by atoms with Crippen LogP contribution in [0, 0.1) is 44.8 Å². The molecule has 5 aliphatic carbocycles. The van der Waals surface area contributed by atoms with E-state index in [1.54, 1.807) is 13.8 Å². The minimum Gasteiger partial charge on any atom is -0.463 e. The highest BCUT2D eigenvalue weighted by atomic mass is 16.7. The predicted molar refractivity (Wildman–Crippen MR) is 249 cm³/mol. The zero-order valence-electron chi connectivity index (χ0n) is 43.7. The van der Waals surface area contributed by atoms with Crippen LogP contribution in [0.4, 0.5) is 0 Å². The average molecular weight is 947 g/mol. The molecule has 4 saturated heterocycles. The summed E-state index contributed by atoms with van der Waals surface area (Å²) < 4.78 is 38.0. The van der Waals surface area contributed by atoms with Crippen molar-refractivity contribution < 1.29 is 67.0 Å². The fraction of sp³-hybridized carbons (Fsp3) is 0.887. The molecule has 0 aromatic carbocycles. The Kier molecular flexibility index (Phi) is 16.2. The SMILES string of the molecule is CCC(C)(C)C(=O)OC1(C)CCCC1(C)C.CCC(C)(C)C(=O)OC12CC3CC(CC(O)(C3)C1)C2.CCC(C)(C)C(=O)OC1C2CC3C(=O)OC1C3O2.CCC(C)(C)C(=O)OC1CCOC1=O. The molecule has 0 aromatic heterocycles. The van der Waals surface area contributed by atoms with E-state index in [0.717, 1.165) is 57.8 Å². The number of carbonyl (C=O) groups is 6. The lowest BCUT2D eigenvalue weighted by atomic mass is 9.52. The van der Waals surface area contributed by atoms with Gasteiger partial charge in [-0.15, -0.1) is 0 Å². The second-order valence-corrected chi connectivity index (χ2v) is 24.7. The number of aliphatic hydroxyl groups is 1. The van der Waals surface area contributed by atoms with Gasteiger partial charge < -0.3 is 38.3 Å². The van der Waals surface area contributed by atoms with Gasteiger partial charge in [-0.05, 0) is 158 Å². The number of carbonyl (C=O) groups excluding carboxylic acids is 6. The lowest BCUT2D eigenvalue weighted by Gasteiger charge is -2.59. The second kappa shape index (κ2) is 19.9. The maximum Gasteiger partial charge on any atom is 0.347 e. The summed E-state index contributed by atoms with van der Waals surface area (Å²) in [6.45, 7) is 29.9. The molecule has 6 bridgehead atoms. The smallest absolute Gasteiger partial charge is 0.347 e. The molecule has 9 unspecified atom stereocenters. The standard InChI is InChI=1S/C16H26O3.C14H26O2.C13H18O5.C10H16O4/c1-4-14(2,3)13(17)19-16-8-11-5-12(9-16)7-15(18,6-11)10-16;1-7-12(2,3)11(15)16-14(6)10-8-9-13(14,4)5;1-4-13(2,3)12(15)18-9-7-5-6-8(16-7)10(9)17-11(6)14;1-4-10(2,3)9(12)14-7-5-6-13-8(7)11/h11-12,18H,4-10H2,1-3H3;7-10H2,1-6H3;6-10H,4-5H2,1-3H3;7H,4-6H2,1-3H3. The Labute approximate surface area is 400 Å². The van der Waals surface area contributed by atoms with Crippen LogP contribution in [0.25, 0.3) is 0 Å². The maximum absolute atomic E-state index is 12.4. The Bertz CT molecular complexity index is 1830. The van der Waals surface area contributed by atoms with E-state index in [-0.39, 0.29) is 70.0 Å². The molecule has 0 amide bonds. The molecule has 4 aliphatic heterocycles. The normalized spacial score (nSPS) is 35.2. The van der Waals surface area contributed by atoms with Crippen LogP contribution in [0.2, 0.25) is 0 Å². The van der Waals surface area contributed by atoms with Crippen LogP contribution in [0.1, 0.15) is 200 Å². The van der Waals surface area contributed by atoms with Gasteiger partial charge in [0.15, 0.2) is 12.2 Å². The predicted octanol–water partition coefficient (Wildman–Crippen LogP) is 9.31. The van der Waals surface area contributed by atoms with Gasteiger partial charge in [0.2, 0.25) is 6.10 Å². The Balaban J connectivity index is 0.000000168. The fourth-order valence-electron chi connectivity index (χ4n) is 10.7. The van der Waals surface area contributed by atoms with Crippen LogP contribution < -0.4 is 0 Å². The van der Waals surface area contributed by atoms with E-state index < -0.39 is 46.1 Å². The third-order valence-electron chi connectivity index (χ3n) is 17.4. The number of cyclic esters (lactones) is 1. The third kappa shape index (κ3) is 11.9. The molecule has 382 valence electrons. The first-order valence-corrected chi connectivity index (χ1v) is 25.5. The number of hydrogen-bond acceptors (Lipinski definition) is 14. The summed E-state index contributed by atoms with van der Waals surface area (Å²) in [6, 6.07) is 0. The minimum absolute atomic E-state index is 0.0486. The van der Waals surface area contributed by atoms with Crippen molar-refractivity contribution in [1.29, 1.82) is 0 Å². The molecule has 0 aromatic rings. The quantitative estimate of drug-likeness (QED) is 0.144. The summed E-state index contributed by atoms with van der Waals surface area (Å²) in [4.78, 5) is 70.7. The molecule has 67 heavy (non-hydrogen) atoms. The van der Waals surface area contributed by atoms with Crippen molar-refractivity contribution in [3.05, 3.63) is 0 Å². The van der Waals surface area contributed by atoms with Crippen LogP contribution in [0.3, 0.4) is 0 Å². The molecule has 14 nitrogen and oxygen atoms in total. The van der Waals surface area contributed by atoms with Gasteiger partial charge in [-0.3, -0.25) is 24.0 Å². The van der Waals surface area contributed by atoms with Crippen molar-refractivity contribution in [2.75, 3.05) is 6.61 Å². The van der Waals surface area contributed by atoms with Gasteiger partial charge in [-0.25, -0.2) is 4.79 Å². The molecule has 9 aliphatic rings. The highest BCUT2D eigenvalue weighted by Crippen LogP contribution is 2.59. The van der Waals surface area contributed by atoms with Gasteiger partial charge in [0, 0.05) is 18.3 Å². The van der Waals surface area contributed by atoms with Crippen molar-refractivity contribution >= 4 is 35.8 Å². The summed E-state index contributed by atoms with van der Waals surface area (Å²) >= 11 is 0. The molecule has 1 N–H and O–H groups in total. The first-order chi connectivity index (χ1) is 30.8. The zero-order chi connectivity index (χ0) is 50.3. The zero-order valence-corrected chi connectivity index (χ0v) is 43.7. The van der Waals surface area contributed by atoms with Crippen LogP contribution in [0.5, 0.6) is 0 Å². The highest BCUT2D eigenvalue weighted by Gasteiger charge is 2.65. The van der Waals surface area contributed by atoms with E-state index in [1.807, 2.05) is 69.2 Å². The number of ether oxygens (including phenoxy) is 7. The number of esters is 6. The molecule has 9 rings (SSSR count). The van der Waals surface area contributed by atoms with Crippen molar-refractivity contribution in [3.63, 3.8) is 0 Å². The molecule has 4 heterocycles. The summed E-state index contributed by atoms with van der Waals surface area (Å²) in [6.07, 6.45) is 11.2. The monoisotopic (exact) mass is 947 g/mol. The molecule has 0 radical (unpaired) electrons. The number of fused-ring (bicyclic) bond motifs is 1. The molecule has 5 saturated carbocycles. The summed E-state index contributed by atoms with van der Waals surface area (Å²) in [5.74, 6) is -0.365. The number of hydrogen-bond donors (Lipinski definition) is 1.